The number of nitrogens with two attached hydrogens (primary N) is 1. The first-order valence-corrected chi connectivity index (χ1v) is 14.1. The third-order valence-electron chi connectivity index (χ3n) is 6.86. The van der Waals surface area contributed by atoms with Gasteiger partial charge in [0.25, 0.3) is 5.91 Å². The van der Waals surface area contributed by atoms with Crippen molar-refractivity contribution in [2.75, 3.05) is 6.79 Å². The number of carbonyl (C=O) groups is 4. The zero-order valence-electron chi connectivity index (χ0n) is 24.6. The third kappa shape index (κ3) is 11.3. The molecule has 0 aliphatic carbocycles. The van der Waals surface area contributed by atoms with E-state index in [4.69, 9.17) is 20.3 Å². The summed E-state index contributed by atoms with van der Waals surface area (Å²) in [7, 11) is 0. The van der Waals surface area contributed by atoms with E-state index in [1.807, 2.05) is 0 Å². The van der Waals surface area contributed by atoms with E-state index in [9.17, 15) is 28.7 Å². The van der Waals surface area contributed by atoms with Crippen molar-refractivity contribution >= 4 is 34.8 Å². The van der Waals surface area contributed by atoms with E-state index < -0.39 is 66.4 Å². The van der Waals surface area contributed by atoms with E-state index in [1.165, 1.54) is 24.4 Å². The van der Waals surface area contributed by atoms with E-state index in [-0.39, 0.29) is 37.8 Å². The van der Waals surface area contributed by atoms with Gasteiger partial charge in [-0.1, -0.05) is 24.3 Å². The van der Waals surface area contributed by atoms with Crippen LogP contribution in [0.4, 0.5) is 4.39 Å². The molecular formula is C31H37FN4O8. The number of para-hydroxylation sites is 2. The Kier molecular flexibility index (Phi) is 12.2. The van der Waals surface area contributed by atoms with Crippen LogP contribution in [-0.4, -0.2) is 68.5 Å². The number of amides is 2. The Bertz CT molecular complexity index is 1460. The topological polar surface area (TPSA) is 191 Å². The van der Waals surface area contributed by atoms with Crippen LogP contribution in [0.3, 0.4) is 0 Å². The number of benzene rings is 2. The normalized spacial score (nSPS) is 13.5. The minimum atomic E-state index is -1.17. The molecule has 0 fully saturated rings. The summed E-state index contributed by atoms with van der Waals surface area (Å²) in [6.45, 7) is 2.56. The Morgan fingerprint density at radius 2 is 1.80 bits per heavy atom. The number of fused-ring (bicyclic) bond motifs is 1. The average Bonchev–Trinajstić information content (AvgIpc) is 2.96. The Morgan fingerprint density at radius 3 is 2.45 bits per heavy atom. The molecule has 5 N–H and O–H groups in total. The van der Waals surface area contributed by atoms with Gasteiger partial charge in [0.05, 0.1) is 47.8 Å². The van der Waals surface area contributed by atoms with Crippen LogP contribution in [0.1, 0.15) is 62.0 Å². The molecule has 12 nitrogen and oxygen atoms in total. The number of carboxylic acid groups (broad SMARTS) is 1. The predicted octanol–water partition coefficient (Wildman–Crippen LogP) is 2.90. The van der Waals surface area contributed by atoms with Crippen LogP contribution in [0, 0.1) is 11.7 Å². The summed E-state index contributed by atoms with van der Waals surface area (Å²) in [4.78, 5) is 57.4. The number of nitrogens with one attached hydrogen (secondary N) is 1. The second-order valence-corrected chi connectivity index (χ2v) is 11.1. The molecule has 2 amide bonds. The molecule has 3 atom stereocenters. The lowest BCUT2D eigenvalue weighted by Gasteiger charge is -2.31. The Balaban J connectivity index is 1.92. The molecule has 0 unspecified atom stereocenters. The highest BCUT2D eigenvalue weighted by Crippen LogP contribution is 2.24. The first-order valence-electron chi connectivity index (χ1n) is 14.1. The maximum Gasteiger partial charge on any atom is 0.308 e. The van der Waals surface area contributed by atoms with Gasteiger partial charge in [0.1, 0.15) is 11.5 Å². The first kappa shape index (κ1) is 34.0. The molecule has 1 heterocycles. The average molecular weight is 613 g/mol. The van der Waals surface area contributed by atoms with Gasteiger partial charge in [0.2, 0.25) is 5.91 Å². The predicted molar refractivity (Wildman–Crippen MR) is 156 cm³/mol. The van der Waals surface area contributed by atoms with Gasteiger partial charge in [-0.2, -0.15) is 0 Å². The van der Waals surface area contributed by atoms with E-state index in [1.54, 1.807) is 44.2 Å². The number of aliphatic carboxylic acids is 1. The number of hydrogen-bond acceptors (Lipinski definition) is 9. The van der Waals surface area contributed by atoms with Crippen molar-refractivity contribution in [2.45, 2.75) is 70.1 Å². The van der Waals surface area contributed by atoms with Crippen LogP contribution in [-0.2, 0) is 30.3 Å². The van der Waals surface area contributed by atoms with Crippen LogP contribution in [0.2, 0.25) is 0 Å². The lowest BCUT2D eigenvalue weighted by molar-refractivity contribution is -0.165. The number of carbonyl (C=O) groups excluding carboxylic acids is 3. The molecule has 13 heteroatoms. The second kappa shape index (κ2) is 15.8. The maximum absolute atomic E-state index is 14.1. The molecule has 0 saturated carbocycles. The number of nitrogens with zero attached hydrogens (tertiary/aromatic N) is 2. The highest BCUT2D eigenvalue weighted by atomic mass is 19.1. The number of primary amides is 1. The van der Waals surface area contributed by atoms with Crippen molar-refractivity contribution in [3.63, 3.8) is 0 Å². The summed E-state index contributed by atoms with van der Waals surface area (Å²) in [5.41, 5.74) is 6.19. The fourth-order valence-electron chi connectivity index (χ4n) is 4.50. The minimum absolute atomic E-state index is 0.000252. The number of ether oxygens (including phenoxy) is 2. The van der Waals surface area contributed by atoms with Crippen molar-refractivity contribution in [2.24, 2.45) is 11.7 Å². The Labute approximate surface area is 253 Å². The number of rotatable bonds is 17. The fourth-order valence-corrected chi connectivity index (χ4v) is 4.50. The quantitative estimate of drug-likeness (QED) is 0.130. The van der Waals surface area contributed by atoms with Gasteiger partial charge < -0.3 is 30.7 Å². The molecule has 3 aromatic rings. The molecule has 0 spiro atoms. The van der Waals surface area contributed by atoms with Crippen molar-refractivity contribution < 1.29 is 43.3 Å². The highest BCUT2D eigenvalue weighted by Gasteiger charge is 2.32. The van der Waals surface area contributed by atoms with Crippen molar-refractivity contribution in [3.05, 3.63) is 71.8 Å². The number of carboxylic acids is 1. The number of hydrogen-bond donors (Lipinski definition) is 4. The monoisotopic (exact) mass is 612 g/mol. The molecule has 3 rings (SSSR count). The lowest BCUT2D eigenvalue weighted by atomic mass is 9.87. The van der Waals surface area contributed by atoms with Crippen LogP contribution in [0.5, 0.6) is 0 Å². The lowest BCUT2D eigenvalue weighted by Crippen LogP contribution is -2.48. The molecule has 2 aromatic carbocycles. The second-order valence-electron chi connectivity index (χ2n) is 11.1. The summed E-state index contributed by atoms with van der Waals surface area (Å²) in [5, 5.41) is 21.9. The number of aromatic nitrogens is 2. The van der Waals surface area contributed by atoms with Crippen LogP contribution < -0.4 is 11.1 Å². The van der Waals surface area contributed by atoms with Crippen LogP contribution in [0.15, 0.2) is 54.7 Å². The van der Waals surface area contributed by atoms with Crippen molar-refractivity contribution in [3.8, 4) is 0 Å². The maximum atomic E-state index is 14.1. The standard InChI is InChI=1S/C31H37FN4O8/c1-31(2,42)13-12-20(29(33)40)16-26(43-18-44-28(39)11-10-27(37)38)24(15-19-6-5-7-21(32)14-19)36-30(41)25-17-34-22-8-3-4-9-23(22)35-25/h3-9,14,17,20,24,26,42H,10-13,15-16,18H2,1-2H3,(H2,33,40)(H,36,41)(H,37,38)/t20-,24+,26+/m1/s1. The highest BCUT2D eigenvalue weighted by molar-refractivity contribution is 5.94. The molecule has 0 bridgehead atoms. The van der Waals surface area contributed by atoms with Crippen molar-refractivity contribution in [1.82, 2.24) is 15.3 Å². The number of halogens is 1. The minimum Gasteiger partial charge on any atom is -0.481 e. The molecule has 0 saturated heterocycles. The molecule has 236 valence electrons. The third-order valence-corrected chi connectivity index (χ3v) is 6.86. The number of esters is 1. The largest absolute Gasteiger partial charge is 0.481 e. The van der Waals surface area contributed by atoms with Gasteiger partial charge >= 0.3 is 11.9 Å². The van der Waals surface area contributed by atoms with E-state index in [2.05, 4.69) is 15.3 Å². The van der Waals surface area contributed by atoms with Gasteiger partial charge in [0, 0.05) is 5.92 Å². The van der Waals surface area contributed by atoms with Crippen molar-refractivity contribution in [1.29, 1.82) is 0 Å². The van der Waals surface area contributed by atoms with Gasteiger partial charge in [-0.25, -0.2) is 9.37 Å². The summed E-state index contributed by atoms with van der Waals surface area (Å²) in [6, 6.07) is 11.8. The smallest absolute Gasteiger partial charge is 0.308 e. The fraction of sp³-hybridized carbons (Fsp3) is 0.419. The molecular weight excluding hydrogens is 575 g/mol. The van der Waals surface area contributed by atoms with E-state index in [0.717, 1.165) is 0 Å². The summed E-state index contributed by atoms with van der Waals surface area (Å²) in [5.74, 6) is -4.61. The Morgan fingerprint density at radius 1 is 1.07 bits per heavy atom. The molecule has 44 heavy (non-hydrogen) atoms. The zero-order chi connectivity index (χ0) is 32.3. The first-order chi connectivity index (χ1) is 20.8. The summed E-state index contributed by atoms with van der Waals surface area (Å²) in [6.07, 6.45) is -0.120. The van der Waals surface area contributed by atoms with Gasteiger partial charge in [-0.05, 0) is 69.4 Å². The van der Waals surface area contributed by atoms with Gasteiger partial charge in [0.15, 0.2) is 6.79 Å². The van der Waals surface area contributed by atoms with Crippen LogP contribution >= 0.6 is 0 Å². The molecule has 0 aliphatic heterocycles. The van der Waals surface area contributed by atoms with E-state index in [0.29, 0.717) is 16.6 Å². The molecule has 1 aromatic heterocycles. The zero-order valence-corrected chi connectivity index (χ0v) is 24.6. The number of aliphatic hydroxyl groups is 1. The molecule has 0 radical (unpaired) electrons. The summed E-state index contributed by atoms with van der Waals surface area (Å²) < 4.78 is 25.1. The van der Waals surface area contributed by atoms with E-state index >= 15 is 0 Å². The van der Waals surface area contributed by atoms with Crippen LogP contribution in [0.25, 0.3) is 11.0 Å². The van der Waals surface area contributed by atoms with Gasteiger partial charge in [-0.3, -0.25) is 24.2 Å². The summed E-state index contributed by atoms with van der Waals surface area (Å²) >= 11 is 0. The molecule has 0 aliphatic rings. The van der Waals surface area contributed by atoms with Gasteiger partial charge in [-0.15, -0.1) is 0 Å². The SMILES string of the molecule is CC(C)(O)CC[C@H](C[C@H](OCOC(=O)CCC(=O)O)[C@H](Cc1cccc(F)c1)NC(=O)c1cnc2ccccc2n1)C(N)=O. The Hall–Kier alpha value is -4.49.